The van der Waals surface area contributed by atoms with Gasteiger partial charge in [-0.25, -0.2) is 0 Å². The van der Waals surface area contributed by atoms with E-state index in [4.69, 9.17) is 0 Å². The number of aryl methyl sites for hydroxylation is 4. The summed E-state index contributed by atoms with van der Waals surface area (Å²) in [6.45, 7) is 9.08. The molecule has 0 fully saturated rings. The zero-order valence-corrected chi connectivity index (χ0v) is 31.3. The standard InChI is InChI=1S/C50H58/c1-5-7-9-11-13-15-17-37-21-25-39(26-22-37)49-41-29-19-35(3)31-43(41)45-34-48-46(33-47(45)49)44-32-36(4)20-30-42(44)50(48)40-27-23-38(24-28-40)18-16-14-12-10-8-6-2/h19-34,49-50H,5-18H2,1-4H3. The van der Waals surface area contributed by atoms with Gasteiger partial charge in [0.2, 0.25) is 0 Å². The Balaban J connectivity index is 1.19. The van der Waals surface area contributed by atoms with Crippen LogP contribution in [-0.4, -0.2) is 0 Å². The second-order valence-electron chi connectivity index (χ2n) is 15.6. The van der Waals surface area contributed by atoms with Crippen molar-refractivity contribution in [3.63, 3.8) is 0 Å². The fourth-order valence-electron chi connectivity index (χ4n) is 8.91. The molecule has 2 aliphatic rings. The van der Waals surface area contributed by atoms with Crippen molar-refractivity contribution in [3.8, 4) is 22.3 Å². The molecule has 50 heavy (non-hydrogen) atoms. The number of unbranched alkanes of at least 4 members (excludes halogenated alkanes) is 10. The normalized spacial score (nSPS) is 15.5. The average molecular weight is 659 g/mol. The highest BCUT2D eigenvalue weighted by Crippen LogP contribution is 2.55. The molecule has 5 aromatic rings. The van der Waals surface area contributed by atoms with Crippen molar-refractivity contribution in [2.75, 3.05) is 0 Å². The van der Waals surface area contributed by atoms with Crippen LogP contribution in [0.2, 0.25) is 0 Å². The fraction of sp³-hybridized carbons (Fsp3) is 0.400. The molecule has 0 saturated carbocycles. The van der Waals surface area contributed by atoms with Crippen LogP contribution in [0.5, 0.6) is 0 Å². The van der Waals surface area contributed by atoms with E-state index >= 15 is 0 Å². The number of hydrogen-bond acceptors (Lipinski definition) is 0. The SMILES string of the molecule is CCCCCCCCc1ccc(C2c3ccc(C)cc3-c3cc4c(cc32)-c2cc(C)ccc2C4c2ccc(CCCCCCCC)cc2)cc1. The largest absolute Gasteiger partial charge is 0.0654 e. The zero-order valence-electron chi connectivity index (χ0n) is 31.3. The van der Waals surface area contributed by atoms with Crippen LogP contribution in [0.4, 0.5) is 0 Å². The number of rotatable bonds is 16. The highest BCUT2D eigenvalue weighted by atomic mass is 14.4. The first-order valence-corrected chi connectivity index (χ1v) is 20.1. The third-order valence-corrected chi connectivity index (χ3v) is 11.7. The van der Waals surface area contributed by atoms with Crippen molar-refractivity contribution in [1.29, 1.82) is 0 Å². The molecular weight excluding hydrogens is 601 g/mol. The molecule has 0 nitrogen and oxygen atoms in total. The number of hydrogen-bond donors (Lipinski definition) is 0. The van der Waals surface area contributed by atoms with Crippen LogP contribution in [0.15, 0.2) is 97.1 Å². The van der Waals surface area contributed by atoms with Gasteiger partial charge >= 0.3 is 0 Å². The van der Waals surface area contributed by atoms with E-state index in [1.807, 2.05) is 0 Å². The predicted molar refractivity (Wildman–Crippen MR) is 216 cm³/mol. The van der Waals surface area contributed by atoms with Gasteiger partial charge in [0.1, 0.15) is 0 Å². The van der Waals surface area contributed by atoms with Crippen molar-refractivity contribution < 1.29 is 0 Å². The molecule has 0 bridgehead atoms. The lowest BCUT2D eigenvalue weighted by Crippen LogP contribution is -2.02. The molecule has 0 amide bonds. The highest BCUT2D eigenvalue weighted by Gasteiger charge is 2.36. The maximum Gasteiger partial charge on any atom is 0.0352 e. The quantitative estimate of drug-likeness (QED) is 0.0907. The molecule has 0 heteroatoms. The molecule has 0 spiro atoms. The zero-order chi connectivity index (χ0) is 34.5. The summed E-state index contributed by atoms with van der Waals surface area (Å²) in [5.74, 6) is 0.533. The van der Waals surface area contributed by atoms with Crippen molar-refractivity contribution >= 4 is 0 Å². The van der Waals surface area contributed by atoms with Gasteiger partial charge in [-0.1, -0.05) is 174 Å². The molecule has 2 aliphatic carbocycles. The first-order valence-electron chi connectivity index (χ1n) is 20.1. The van der Waals surface area contributed by atoms with Crippen LogP contribution in [-0.2, 0) is 12.8 Å². The van der Waals surface area contributed by atoms with Crippen LogP contribution in [0.1, 0.15) is 158 Å². The monoisotopic (exact) mass is 658 g/mol. The van der Waals surface area contributed by atoms with Crippen LogP contribution in [0.3, 0.4) is 0 Å². The first-order chi connectivity index (χ1) is 24.6. The van der Waals surface area contributed by atoms with E-state index in [9.17, 15) is 0 Å². The van der Waals surface area contributed by atoms with Crippen molar-refractivity contribution in [3.05, 3.63) is 153 Å². The van der Waals surface area contributed by atoms with E-state index in [0.29, 0.717) is 0 Å². The maximum atomic E-state index is 2.58. The van der Waals surface area contributed by atoms with Crippen LogP contribution in [0.25, 0.3) is 22.3 Å². The van der Waals surface area contributed by atoms with Gasteiger partial charge in [0.05, 0.1) is 0 Å². The molecule has 2 unspecified atom stereocenters. The van der Waals surface area contributed by atoms with E-state index in [1.54, 1.807) is 0 Å². The second kappa shape index (κ2) is 16.0. The molecule has 0 heterocycles. The number of benzene rings is 5. The lowest BCUT2D eigenvalue weighted by Gasteiger charge is -2.18. The van der Waals surface area contributed by atoms with Gasteiger partial charge in [-0.05, 0) is 118 Å². The van der Waals surface area contributed by atoms with Gasteiger partial charge in [0.25, 0.3) is 0 Å². The van der Waals surface area contributed by atoms with Gasteiger partial charge in [-0.15, -0.1) is 0 Å². The molecule has 0 aliphatic heterocycles. The summed E-state index contributed by atoms with van der Waals surface area (Å²) in [6, 6.07) is 38.8. The van der Waals surface area contributed by atoms with E-state index < -0.39 is 0 Å². The van der Waals surface area contributed by atoms with Gasteiger partial charge in [0, 0.05) is 11.8 Å². The summed E-state index contributed by atoms with van der Waals surface area (Å²) < 4.78 is 0. The number of fused-ring (bicyclic) bond motifs is 6. The molecule has 5 aromatic carbocycles. The van der Waals surface area contributed by atoms with Crippen LogP contribution < -0.4 is 0 Å². The fourth-order valence-corrected chi connectivity index (χ4v) is 8.91. The minimum absolute atomic E-state index is 0.266. The molecule has 0 radical (unpaired) electrons. The average Bonchev–Trinajstić information content (AvgIpc) is 3.62. The Morgan fingerprint density at radius 3 is 1.12 bits per heavy atom. The van der Waals surface area contributed by atoms with Crippen LogP contribution >= 0.6 is 0 Å². The van der Waals surface area contributed by atoms with E-state index in [1.165, 1.54) is 168 Å². The van der Waals surface area contributed by atoms with Crippen molar-refractivity contribution in [2.45, 2.75) is 129 Å². The van der Waals surface area contributed by atoms with Gasteiger partial charge in [0.15, 0.2) is 0 Å². The summed E-state index contributed by atoms with van der Waals surface area (Å²) in [6.07, 6.45) is 18.6. The Bertz CT molecular complexity index is 1750. The predicted octanol–water partition coefficient (Wildman–Crippen LogP) is 14.4. The Labute approximate surface area is 303 Å². The van der Waals surface area contributed by atoms with Gasteiger partial charge < -0.3 is 0 Å². The van der Waals surface area contributed by atoms with E-state index in [-0.39, 0.29) is 11.8 Å². The summed E-state index contributed by atoms with van der Waals surface area (Å²) in [7, 11) is 0. The summed E-state index contributed by atoms with van der Waals surface area (Å²) in [4.78, 5) is 0. The van der Waals surface area contributed by atoms with E-state index in [2.05, 4.69) is 125 Å². The molecule has 7 rings (SSSR count). The lowest BCUT2D eigenvalue weighted by molar-refractivity contribution is 0.607. The van der Waals surface area contributed by atoms with Gasteiger partial charge in [-0.2, -0.15) is 0 Å². The molecule has 258 valence electrons. The molecule has 0 aromatic heterocycles. The minimum Gasteiger partial charge on any atom is -0.0654 e. The van der Waals surface area contributed by atoms with Gasteiger partial charge in [-0.3, -0.25) is 0 Å². The maximum absolute atomic E-state index is 2.58. The summed E-state index contributed by atoms with van der Waals surface area (Å²) in [5.41, 5.74) is 20.0. The second-order valence-corrected chi connectivity index (χ2v) is 15.6. The lowest BCUT2D eigenvalue weighted by atomic mass is 9.85. The van der Waals surface area contributed by atoms with Crippen molar-refractivity contribution in [2.24, 2.45) is 0 Å². The first kappa shape index (κ1) is 34.5. The topological polar surface area (TPSA) is 0 Å². The summed E-state index contributed by atoms with van der Waals surface area (Å²) in [5, 5.41) is 0. The Hall–Kier alpha value is -3.90. The molecule has 2 atom stereocenters. The van der Waals surface area contributed by atoms with E-state index in [0.717, 1.165) is 0 Å². The van der Waals surface area contributed by atoms with Crippen molar-refractivity contribution in [1.82, 2.24) is 0 Å². The van der Waals surface area contributed by atoms with Crippen LogP contribution in [0, 0.1) is 13.8 Å². The molecular formula is C50H58. The minimum atomic E-state index is 0.266. The Morgan fingerprint density at radius 2 is 0.720 bits per heavy atom. The smallest absolute Gasteiger partial charge is 0.0352 e. The molecule has 0 N–H and O–H groups in total. The molecule has 0 saturated heterocycles. The highest BCUT2D eigenvalue weighted by molar-refractivity contribution is 5.89. The third kappa shape index (κ3) is 7.28. The Morgan fingerprint density at radius 1 is 0.360 bits per heavy atom. The Kier molecular flexibility index (Phi) is 11.0. The summed E-state index contributed by atoms with van der Waals surface area (Å²) >= 11 is 0. The third-order valence-electron chi connectivity index (χ3n) is 11.7.